The van der Waals surface area contributed by atoms with Crippen molar-refractivity contribution >= 4 is 27.4 Å². The number of nitro benzene ring substituents is 1. The molecule has 0 spiro atoms. The molecular weight excluding hydrogens is 410 g/mol. The first-order chi connectivity index (χ1) is 14.4. The molecule has 2 amide bonds. The lowest BCUT2D eigenvalue weighted by molar-refractivity contribution is -0.384. The lowest BCUT2D eigenvalue weighted by Crippen LogP contribution is -2.52. The lowest BCUT2D eigenvalue weighted by Gasteiger charge is -2.37. The van der Waals surface area contributed by atoms with Crippen molar-refractivity contribution in [3.8, 4) is 0 Å². The van der Waals surface area contributed by atoms with Gasteiger partial charge < -0.3 is 14.7 Å². The largest absolute Gasteiger partial charge is 0.362 e. The van der Waals surface area contributed by atoms with Crippen molar-refractivity contribution in [2.45, 2.75) is 30.6 Å². The van der Waals surface area contributed by atoms with E-state index in [9.17, 15) is 23.3 Å². The molecule has 1 aromatic rings. The van der Waals surface area contributed by atoms with Gasteiger partial charge in [0.05, 0.1) is 9.82 Å². The van der Waals surface area contributed by atoms with Gasteiger partial charge in [-0.05, 0) is 37.8 Å². The van der Waals surface area contributed by atoms with Crippen LogP contribution < -0.4 is 4.90 Å². The Morgan fingerprint density at radius 3 is 2.03 bits per heavy atom. The van der Waals surface area contributed by atoms with Crippen molar-refractivity contribution in [2.24, 2.45) is 0 Å². The average Bonchev–Trinajstić information content (AvgIpc) is 3.47. The third-order valence-electron chi connectivity index (χ3n) is 6.11. The number of carbonyl (C=O) groups excluding carboxylic acids is 1. The fourth-order valence-electron chi connectivity index (χ4n) is 4.40. The number of urea groups is 1. The molecule has 0 saturated carbocycles. The number of hydrogen-bond donors (Lipinski definition) is 0. The molecular formula is C19H27N5O5S. The molecule has 0 aromatic heterocycles. The van der Waals surface area contributed by atoms with E-state index in [1.807, 2.05) is 9.80 Å². The molecule has 3 saturated heterocycles. The fourth-order valence-corrected chi connectivity index (χ4v) is 5.94. The standard InChI is InChI=1S/C19H27N5O5S/c25-19(21-7-1-2-8-21)22-13-11-20(12-14-22)17-6-5-16(15-18(17)24(26)27)30(28,29)23-9-3-4-10-23/h5-6,15H,1-4,7-14H2. The molecule has 11 heteroatoms. The molecule has 0 unspecified atom stereocenters. The van der Waals surface area contributed by atoms with Gasteiger partial charge in [0.1, 0.15) is 5.69 Å². The Morgan fingerprint density at radius 2 is 1.43 bits per heavy atom. The topological polar surface area (TPSA) is 107 Å². The van der Waals surface area contributed by atoms with Crippen molar-refractivity contribution in [3.05, 3.63) is 28.3 Å². The minimum absolute atomic E-state index is 0.0358. The highest BCUT2D eigenvalue weighted by molar-refractivity contribution is 7.89. The van der Waals surface area contributed by atoms with Crippen LogP contribution in [0.4, 0.5) is 16.2 Å². The zero-order valence-electron chi connectivity index (χ0n) is 16.9. The summed E-state index contributed by atoms with van der Waals surface area (Å²) in [5.74, 6) is 0. The summed E-state index contributed by atoms with van der Waals surface area (Å²) in [5, 5.41) is 11.7. The van der Waals surface area contributed by atoms with Gasteiger partial charge in [-0.3, -0.25) is 10.1 Å². The normalized spacial score (nSPS) is 20.7. The molecule has 0 bridgehead atoms. The smallest absolute Gasteiger partial charge is 0.320 e. The molecule has 0 N–H and O–H groups in total. The van der Waals surface area contributed by atoms with Crippen LogP contribution >= 0.6 is 0 Å². The maximum atomic E-state index is 12.8. The van der Waals surface area contributed by atoms with E-state index in [1.54, 1.807) is 4.90 Å². The quantitative estimate of drug-likeness (QED) is 0.524. The molecule has 164 valence electrons. The lowest BCUT2D eigenvalue weighted by atomic mass is 10.2. The number of nitro groups is 1. The molecule has 4 rings (SSSR count). The zero-order chi connectivity index (χ0) is 21.3. The van der Waals surface area contributed by atoms with Gasteiger partial charge in [-0.2, -0.15) is 4.31 Å². The summed E-state index contributed by atoms with van der Waals surface area (Å²) < 4.78 is 26.9. The average molecular weight is 438 g/mol. The van der Waals surface area contributed by atoms with E-state index in [0.717, 1.165) is 38.8 Å². The van der Waals surface area contributed by atoms with E-state index in [2.05, 4.69) is 0 Å². The van der Waals surface area contributed by atoms with Crippen molar-refractivity contribution < 1.29 is 18.1 Å². The van der Waals surface area contributed by atoms with E-state index >= 15 is 0 Å². The second kappa shape index (κ2) is 8.38. The van der Waals surface area contributed by atoms with E-state index in [4.69, 9.17) is 0 Å². The second-order valence-corrected chi connectivity index (χ2v) is 9.91. The molecule has 0 aliphatic carbocycles. The number of hydrogen-bond acceptors (Lipinski definition) is 6. The molecule has 0 atom stereocenters. The number of benzene rings is 1. The van der Waals surface area contributed by atoms with Crippen LogP contribution in [0.25, 0.3) is 0 Å². The van der Waals surface area contributed by atoms with E-state index in [0.29, 0.717) is 45.0 Å². The number of likely N-dealkylation sites (tertiary alicyclic amines) is 1. The summed E-state index contributed by atoms with van der Waals surface area (Å²) in [7, 11) is -3.72. The first-order valence-electron chi connectivity index (χ1n) is 10.5. The predicted octanol–water partition coefficient (Wildman–Crippen LogP) is 1.72. The number of piperazine rings is 1. The number of rotatable bonds is 4. The van der Waals surface area contributed by atoms with Crippen LogP contribution in [-0.2, 0) is 10.0 Å². The molecule has 3 aliphatic rings. The van der Waals surface area contributed by atoms with E-state index in [-0.39, 0.29) is 16.6 Å². The molecule has 1 aromatic carbocycles. The van der Waals surface area contributed by atoms with Crippen LogP contribution in [0.3, 0.4) is 0 Å². The van der Waals surface area contributed by atoms with Gasteiger partial charge in [0, 0.05) is 58.4 Å². The Labute approximate surface area is 176 Å². The molecule has 10 nitrogen and oxygen atoms in total. The Kier molecular flexibility index (Phi) is 5.83. The SMILES string of the molecule is O=C(N1CCCC1)N1CCN(c2ccc(S(=O)(=O)N3CCCC3)cc2[N+](=O)[O-])CC1. The molecule has 3 aliphatic heterocycles. The van der Waals surface area contributed by atoms with Gasteiger partial charge in [0.15, 0.2) is 0 Å². The van der Waals surface area contributed by atoms with Crippen molar-refractivity contribution in [2.75, 3.05) is 57.3 Å². The summed E-state index contributed by atoms with van der Waals surface area (Å²) in [6.45, 7) is 4.39. The maximum absolute atomic E-state index is 12.8. The molecule has 30 heavy (non-hydrogen) atoms. The summed E-state index contributed by atoms with van der Waals surface area (Å²) in [5.41, 5.74) is 0.184. The Bertz CT molecular complexity index is 917. The zero-order valence-corrected chi connectivity index (χ0v) is 17.7. The predicted molar refractivity (Wildman–Crippen MR) is 111 cm³/mol. The first-order valence-corrected chi connectivity index (χ1v) is 11.9. The van der Waals surface area contributed by atoms with Gasteiger partial charge in [-0.25, -0.2) is 13.2 Å². The number of sulfonamides is 1. The Hall–Kier alpha value is -2.40. The summed E-state index contributed by atoms with van der Waals surface area (Å²) >= 11 is 0. The van der Waals surface area contributed by atoms with Crippen LogP contribution in [0.2, 0.25) is 0 Å². The molecule has 3 fully saturated rings. The number of amides is 2. The highest BCUT2D eigenvalue weighted by atomic mass is 32.2. The van der Waals surface area contributed by atoms with Crippen LogP contribution in [0.5, 0.6) is 0 Å². The van der Waals surface area contributed by atoms with Crippen LogP contribution in [-0.4, -0.2) is 85.8 Å². The Balaban J connectivity index is 1.50. The fraction of sp³-hybridized carbons (Fsp3) is 0.632. The third-order valence-corrected chi connectivity index (χ3v) is 8.01. The highest BCUT2D eigenvalue weighted by Crippen LogP contribution is 2.33. The first kappa shape index (κ1) is 20.9. The number of anilines is 1. The summed E-state index contributed by atoms with van der Waals surface area (Å²) in [6, 6.07) is 4.19. The van der Waals surface area contributed by atoms with E-state index < -0.39 is 14.9 Å². The highest BCUT2D eigenvalue weighted by Gasteiger charge is 2.32. The Morgan fingerprint density at radius 1 is 0.867 bits per heavy atom. The van der Waals surface area contributed by atoms with Crippen molar-refractivity contribution in [1.82, 2.24) is 14.1 Å². The summed E-state index contributed by atoms with van der Waals surface area (Å²) in [4.78, 5) is 29.2. The minimum Gasteiger partial charge on any atom is -0.362 e. The van der Waals surface area contributed by atoms with Crippen LogP contribution in [0, 0.1) is 10.1 Å². The number of carbonyl (C=O) groups is 1. The van der Waals surface area contributed by atoms with Gasteiger partial charge >= 0.3 is 6.03 Å². The minimum atomic E-state index is -3.72. The van der Waals surface area contributed by atoms with Crippen molar-refractivity contribution in [1.29, 1.82) is 0 Å². The van der Waals surface area contributed by atoms with Crippen molar-refractivity contribution in [3.63, 3.8) is 0 Å². The number of nitrogens with zero attached hydrogens (tertiary/aromatic N) is 5. The third kappa shape index (κ3) is 3.95. The van der Waals surface area contributed by atoms with Crippen LogP contribution in [0.1, 0.15) is 25.7 Å². The van der Waals surface area contributed by atoms with Gasteiger partial charge in [0.2, 0.25) is 10.0 Å². The summed E-state index contributed by atoms with van der Waals surface area (Å²) in [6.07, 6.45) is 3.68. The van der Waals surface area contributed by atoms with Gasteiger partial charge in [0.25, 0.3) is 5.69 Å². The molecule has 0 radical (unpaired) electrons. The van der Waals surface area contributed by atoms with Gasteiger partial charge in [-0.15, -0.1) is 0 Å². The van der Waals surface area contributed by atoms with Gasteiger partial charge in [-0.1, -0.05) is 0 Å². The van der Waals surface area contributed by atoms with Crippen LogP contribution in [0.15, 0.2) is 23.1 Å². The second-order valence-electron chi connectivity index (χ2n) is 7.97. The van der Waals surface area contributed by atoms with E-state index in [1.165, 1.54) is 22.5 Å². The molecule has 3 heterocycles. The maximum Gasteiger partial charge on any atom is 0.320 e. The monoisotopic (exact) mass is 437 g/mol.